The van der Waals surface area contributed by atoms with Gasteiger partial charge in [-0.1, -0.05) is 24.3 Å². The highest BCUT2D eigenvalue weighted by atomic mass is 35.5. The number of hydrogen-bond acceptors (Lipinski definition) is 4. The van der Waals surface area contributed by atoms with E-state index in [-0.39, 0.29) is 0 Å². The van der Waals surface area contributed by atoms with Crippen LogP contribution >= 0.6 is 11.6 Å². The number of rotatable bonds is 3. The fourth-order valence-corrected chi connectivity index (χ4v) is 3.04. The first-order valence-corrected chi connectivity index (χ1v) is 6.98. The van der Waals surface area contributed by atoms with Gasteiger partial charge < -0.3 is 9.47 Å². The van der Waals surface area contributed by atoms with Crippen LogP contribution in [0.2, 0.25) is 0 Å². The van der Waals surface area contributed by atoms with Crippen molar-refractivity contribution in [3.8, 4) is 11.8 Å². The Labute approximate surface area is 128 Å². The van der Waals surface area contributed by atoms with Gasteiger partial charge >= 0.3 is 5.97 Å². The molecule has 0 fully saturated rings. The summed E-state index contributed by atoms with van der Waals surface area (Å²) in [6.07, 6.45) is 4.20. The molecule has 3 atom stereocenters. The Kier molecular flexibility index (Phi) is 4.54. The van der Waals surface area contributed by atoms with Crippen molar-refractivity contribution in [1.82, 2.24) is 0 Å². The van der Waals surface area contributed by atoms with E-state index in [2.05, 4.69) is 6.07 Å². The number of alkyl halides is 1. The van der Waals surface area contributed by atoms with Crippen LogP contribution in [0, 0.1) is 16.7 Å². The van der Waals surface area contributed by atoms with E-state index in [9.17, 15) is 10.1 Å². The van der Waals surface area contributed by atoms with Gasteiger partial charge in [-0.25, -0.2) is 0 Å². The van der Waals surface area contributed by atoms with Gasteiger partial charge in [-0.15, -0.1) is 11.6 Å². The van der Waals surface area contributed by atoms with E-state index in [0.717, 1.165) is 5.56 Å². The molecule has 4 nitrogen and oxygen atoms in total. The molecule has 0 saturated heterocycles. The van der Waals surface area contributed by atoms with E-state index in [4.69, 9.17) is 21.1 Å². The smallest absolute Gasteiger partial charge is 0.328 e. The van der Waals surface area contributed by atoms with Crippen molar-refractivity contribution < 1.29 is 14.3 Å². The number of esters is 1. The van der Waals surface area contributed by atoms with Crippen molar-refractivity contribution in [1.29, 1.82) is 5.26 Å². The Morgan fingerprint density at radius 2 is 2.05 bits per heavy atom. The summed E-state index contributed by atoms with van der Waals surface area (Å²) in [7, 11) is 2.85. The highest BCUT2D eigenvalue weighted by Gasteiger charge is 2.53. The zero-order valence-corrected chi connectivity index (χ0v) is 12.6. The van der Waals surface area contributed by atoms with Crippen LogP contribution in [0.15, 0.2) is 36.4 Å². The molecule has 0 amide bonds. The van der Waals surface area contributed by atoms with Crippen LogP contribution in [0.4, 0.5) is 0 Å². The lowest BCUT2D eigenvalue weighted by molar-refractivity contribution is -0.150. The second-order valence-electron chi connectivity index (χ2n) is 4.85. The average Bonchev–Trinajstić information content (AvgIpc) is 2.54. The molecule has 110 valence electrons. The summed E-state index contributed by atoms with van der Waals surface area (Å²) in [5, 5.41) is 9.02. The Balaban J connectivity index is 2.51. The summed E-state index contributed by atoms with van der Waals surface area (Å²) in [5.41, 5.74) is -0.594. The fraction of sp³-hybridized carbons (Fsp3) is 0.375. The minimum atomic E-state index is -1.42. The molecule has 3 unspecified atom stereocenters. The SMILES string of the molecule is COC(=O)C1(C#N)C(Cl)CC=CC1c1ccc(OC)cc1. The molecule has 1 aliphatic rings. The van der Waals surface area contributed by atoms with E-state index in [0.29, 0.717) is 12.2 Å². The quantitative estimate of drug-likeness (QED) is 0.489. The van der Waals surface area contributed by atoms with Crippen molar-refractivity contribution in [2.75, 3.05) is 14.2 Å². The maximum absolute atomic E-state index is 12.2. The second-order valence-corrected chi connectivity index (χ2v) is 5.38. The largest absolute Gasteiger partial charge is 0.497 e. The van der Waals surface area contributed by atoms with E-state index < -0.39 is 22.7 Å². The molecule has 0 spiro atoms. The molecule has 2 rings (SSSR count). The molecular weight excluding hydrogens is 290 g/mol. The molecule has 0 aliphatic heterocycles. The molecule has 21 heavy (non-hydrogen) atoms. The summed E-state index contributed by atoms with van der Waals surface area (Å²) in [5.74, 6) is -0.339. The number of ether oxygens (including phenoxy) is 2. The molecule has 1 aromatic rings. The summed E-state index contributed by atoms with van der Waals surface area (Å²) in [6.45, 7) is 0. The van der Waals surface area contributed by atoms with Crippen LogP contribution in [0.3, 0.4) is 0 Å². The van der Waals surface area contributed by atoms with Gasteiger partial charge in [-0.05, 0) is 24.1 Å². The zero-order chi connectivity index (χ0) is 15.5. The lowest BCUT2D eigenvalue weighted by Gasteiger charge is -2.37. The lowest BCUT2D eigenvalue weighted by atomic mass is 9.67. The third kappa shape index (κ3) is 2.50. The minimum Gasteiger partial charge on any atom is -0.497 e. The Bertz CT molecular complexity index is 591. The summed E-state index contributed by atoms with van der Waals surface area (Å²) in [6, 6.07) is 9.35. The van der Waals surface area contributed by atoms with Gasteiger partial charge in [0.1, 0.15) is 5.75 Å². The van der Waals surface area contributed by atoms with E-state index in [1.165, 1.54) is 7.11 Å². The molecule has 0 radical (unpaired) electrons. The summed E-state index contributed by atoms with van der Waals surface area (Å²) >= 11 is 6.32. The molecule has 1 aliphatic carbocycles. The molecule has 0 N–H and O–H groups in total. The monoisotopic (exact) mass is 305 g/mol. The number of methoxy groups -OCH3 is 2. The molecule has 1 aromatic carbocycles. The third-order valence-electron chi connectivity index (χ3n) is 3.84. The van der Waals surface area contributed by atoms with Crippen molar-refractivity contribution in [3.05, 3.63) is 42.0 Å². The van der Waals surface area contributed by atoms with Gasteiger partial charge in [0.15, 0.2) is 5.41 Å². The number of carbonyl (C=O) groups is 1. The van der Waals surface area contributed by atoms with E-state index in [1.807, 2.05) is 24.3 Å². The first kappa shape index (κ1) is 15.4. The number of halogens is 1. The summed E-state index contributed by atoms with van der Waals surface area (Å²) in [4.78, 5) is 12.2. The van der Waals surface area contributed by atoms with Gasteiger partial charge in [0.25, 0.3) is 0 Å². The maximum Gasteiger partial charge on any atom is 0.328 e. The predicted molar refractivity (Wildman–Crippen MR) is 79.2 cm³/mol. The number of allylic oxidation sites excluding steroid dienone is 2. The second kappa shape index (κ2) is 6.19. The fourth-order valence-electron chi connectivity index (χ4n) is 2.66. The minimum absolute atomic E-state index is 0.447. The molecule has 0 saturated carbocycles. The Morgan fingerprint density at radius 1 is 1.38 bits per heavy atom. The number of benzene rings is 1. The number of nitrogens with zero attached hydrogens (tertiary/aromatic N) is 1. The van der Waals surface area contributed by atoms with Gasteiger partial charge in [-0.2, -0.15) is 5.26 Å². The van der Waals surface area contributed by atoms with E-state index in [1.54, 1.807) is 19.2 Å². The van der Waals surface area contributed by atoms with Gasteiger partial charge in [0.2, 0.25) is 0 Å². The first-order valence-electron chi connectivity index (χ1n) is 6.54. The van der Waals surface area contributed by atoms with Crippen molar-refractivity contribution >= 4 is 17.6 Å². The predicted octanol–water partition coefficient (Wildman–Crippen LogP) is 3.03. The van der Waals surface area contributed by atoms with Gasteiger partial charge in [0.05, 0.1) is 25.7 Å². The van der Waals surface area contributed by atoms with Crippen LogP contribution in [-0.4, -0.2) is 25.6 Å². The van der Waals surface area contributed by atoms with Crippen LogP contribution in [0.5, 0.6) is 5.75 Å². The molecular formula is C16H16ClNO3. The highest BCUT2D eigenvalue weighted by Crippen LogP contribution is 2.47. The topological polar surface area (TPSA) is 59.3 Å². The molecule has 0 aromatic heterocycles. The van der Waals surface area contributed by atoms with E-state index >= 15 is 0 Å². The van der Waals surface area contributed by atoms with Crippen LogP contribution in [-0.2, 0) is 9.53 Å². The average molecular weight is 306 g/mol. The van der Waals surface area contributed by atoms with Crippen molar-refractivity contribution in [3.63, 3.8) is 0 Å². The molecule has 0 heterocycles. The van der Waals surface area contributed by atoms with Crippen LogP contribution in [0.25, 0.3) is 0 Å². The van der Waals surface area contributed by atoms with Gasteiger partial charge in [-0.3, -0.25) is 4.79 Å². The van der Waals surface area contributed by atoms with Gasteiger partial charge in [0, 0.05) is 5.92 Å². The van der Waals surface area contributed by atoms with Crippen molar-refractivity contribution in [2.24, 2.45) is 5.41 Å². The Morgan fingerprint density at radius 3 is 2.57 bits per heavy atom. The standard InChI is InChI=1S/C16H16ClNO3/c1-20-12-8-6-11(7-9-12)13-4-3-5-14(17)16(13,10-18)15(19)21-2/h3-4,6-9,13-14H,5H2,1-2H3. The normalized spacial score (nSPS) is 27.7. The number of nitriles is 1. The van der Waals surface area contributed by atoms with Crippen LogP contribution in [0.1, 0.15) is 17.9 Å². The lowest BCUT2D eigenvalue weighted by Crippen LogP contribution is -2.45. The number of hydrogen-bond donors (Lipinski definition) is 0. The maximum atomic E-state index is 12.2. The highest BCUT2D eigenvalue weighted by molar-refractivity contribution is 6.23. The molecule has 0 bridgehead atoms. The first-order chi connectivity index (χ1) is 10.1. The molecule has 5 heteroatoms. The van der Waals surface area contributed by atoms with Crippen molar-refractivity contribution in [2.45, 2.75) is 17.7 Å². The Hall–Kier alpha value is -1.99. The number of carbonyl (C=O) groups excluding carboxylic acids is 1. The van der Waals surface area contributed by atoms with Crippen LogP contribution < -0.4 is 4.74 Å². The summed E-state index contributed by atoms with van der Waals surface area (Å²) < 4.78 is 9.97. The zero-order valence-electron chi connectivity index (χ0n) is 11.9. The third-order valence-corrected chi connectivity index (χ3v) is 4.36.